The molecule has 0 spiro atoms. The predicted molar refractivity (Wildman–Crippen MR) is 55.0 cm³/mol. The first-order valence-corrected chi connectivity index (χ1v) is 5.14. The second-order valence-electron chi connectivity index (χ2n) is 4.07. The van der Waals surface area contributed by atoms with Crippen molar-refractivity contribution < 1.29 is 10.2 Å². The van der Waals surface area contributed by atoms with E-state index in [1.807, 2.05) is 18.2 Å². The van der Waals surface area contributed by atoms with Crippen LogP contribution in [0, 0.1) is 0 Å². The van der Waals surface area contributed by atoms with E-state index < -0.39 is 6.10 Å². The Morgan fingerprint density at radius 2 is 2.14 bits per heavy atom. The Bertz CT molecular complexity index is 327. The molecule has 1 aliphatic carbocycles. The van der Waals surface area contributed by atoms with Crippen LogP contribution in [0.25, 0.3) is 0 Å². The number of hydrogen-bond donors (Lipinski definition) is 2. The minimum absolute atomic E-state index is 0.0831. The monoisotopic (exact) mass is 192 g/mol. The Labute approximate surface area is 84.2 Å². The summed E-state index contributed by atoms with van der Waals surface area (Å²) in [6.07, 6.45) is 2.03. The van der Waals surface area contributed by atoms with Crippen LogP contribution < -0.4 is 0 Å². The first-order valence-electron chi connectivity index (χ1n) is 5.14. The third kappa shape index (κ3) is 1.81. The first-order chi connectivity index (χ1) is 6.72. The highest BCUT2D eigenvalue weighted by Crippen LogP contribution is 2.43. The second-order valence-corrected chi connectivity index (χ2v) is 4.07. The quantitative estimate of drug-likeness (QED) is 0.770. The van der Waals surface area contributed by atoms with Crippen molar-refractivity contribution in [1.29, 1.82) is 0 Å². The summed E-state index contributed by atoms with van der Waals surface area (Å²) in [7, 11) is 0. The molecule has 1 fully saturated rings. The zero-order valence-corrected chi connectivity index (χ0v) is 8.40. The lowest BCUT2D eigenvalue weighted by atomic mass is 9.97. The predicted octanol–water partition coefficient (Wildman–Crippen LogP) is 2.11. The highest BCUT2D eigenvalue weighted by molar-refractivity contribution is 5.38. The zero-order chi connectivity index (χ0) is 10.1. The van der Waals surface area contributed by atoms with Crippen molar-refractivity contribution in [2.24, 2.45) is 0 Å². The molecule has 0 heterocycles. The van der Waals surface area contributed by atoms with Gasteiger partial charge in [-0.15, -0.1) is 0 Å². The normalized spacial score (nSPS) is 18.2. The minimum atomic E-state index is -0.404. The topological polar surface area (TPSA) is 40.5 Å². The molecule has 0 saturated heterocycles. The smallest absolute Gasteiger partial charge is 0.0764 e. The van der Waals surface area contributed by atoms with Crippen LogP contribution in [0.4, 0.5) is 0 Å². The van der Waals surface area contributed by atoms with Gasteiger partial charge in [0.1, 0.15) is 0 Å². The first kappa shape index (κ1) is 9.69. The van der Waals surface area contributed by atoms with Crippen LogP contribution >= 0.6 is 0 Å². The third-order valence-electron chi connectivity index (χ3n) is 2.80. The van der Waals surface area contributed by atoms with Crippen LogP contribution in [0.3, 0.4) is 0 Å². The lowest BCUT2D eigenvalue weighted by Gasteiger charge is -2.12. The van der Waals surface area contributed by atoms with Crippen molar-refractivity contribution in [2.45, 2.75) is 38.4 Å². The number of hydrogen-bond acceptors (Lipinski definition) is 2. The van der Waals surface area contributed by atoms with E-state index in [0.29, 0.717) is 5.92 Å². The maximum atomic E-state index is 9.58. The van der Waals surface area contributed by atoms with Crippen molar-refractivity contribution in [3.05, 3.63) is 34.9 Å². The molecular formula is C12H16O2. The highest BCUT2D eigenvalue weighted by Gasteiger charge is 2.27. The number of rotatable bonds is 3. The Balaban J connectivity index is 2.38. The van der Waals surface area contributed by atoms with Gasteiger partial charge in [0.15, 0.2) is 0 Å². The minimum Gasteiger partial charge on any atom is -0.392 e. The third-order valence-corrected chi connectivity index (χ3v) is 2.80. The van der Waals surface area contributed by atoms with Gasteiger partial charge in [-0.05, 0) is 42.4 Å². The lowest BCUT2D eigenvalue weighted by Crippen LogP contribution is -1.98. The van der Waals surface area contributed by atoms with Crippen molar-refractivity contribution in [2.75, 3.05) is 0 Å². The van der Waals surface area contributed by atoms with E-state index in [0.717, 1.165) is 11.1 Å². The molecule has 14 heavy (non-hydrogen) atoms. The molecular weight excluding hydrogens is 176 g/mol. The summed E-state index contributed by atoms with van der Waals surface area (Å²) < 4.78 is 0. The van der Waals surface area contributed by atoms with Crippen LogP contribution in [0.2, 0.25) is 0 Å². The van der Waals surface area contributed by atoms with Crippen molar-refractivity contribution in [3.8, 4) is 0 Å². The molecule has 1 aromatic carbocycles. The summed E-state index contributed by atoms with van der Waals surface area (Å²) in [5.74, 6) is 0.617. The molecule has 2 N–H and O–H groups in total. The Kier molecular flexibility index (Phi) is 2.57. The van der Waals surface area contributed by atoms with Gasteiger partial charge in [-0.1, -0.05) is 18.2 Å². The molecule has 1 aromatic rings. The van der Waals surface area contributed by atoms with Gasteiger partial charge < -0.3 is 10.2 Å². The van der Waals surface area contributed by atoms with Crippen LogP contribution in [-0.2, 0) is 6.61 Å². The van der Waals surface area contributed by atoms with Gasteiger partial charge in [0.05, 0.1) is 12.7 Å². The molecule has 1 atom stereocenters. The number of aliphatic hydroxyl groups excluding tert-OH is 2. The van der Waals surface area contributed by atoms with Gasteiger partial charge in [-0.2, -0.15) is 0 Å². The number of aliphatic hydroxyl groups is 2. The summed E-state index contributed by atoms with van der Waals surface area (Å²) >= 11 is 0. The SMILES string of the molecule is CC(O)c1ccc(CO)cc1C1CC1. The molecule has 0 bridgehead atoms. The summed E-state index contributed by atoms with van der Waals surface area (Å²) in [5.41, 5.74) is 3.19. The van der Waals surface area contributed by atoms with Gasteiger partial charge in [0, 0.05) is 0 Å². The molecule has 0 aliphatic heterocycles. The average molecular weight is 192 g/mol. The molecule has 1 aliphatic rings. The van der Waals surface area contributed by atoms with E-state index in [4.69, 9.17) is 5.11 Å². The molecule has 2 heteroatoms. The van der Waals surface area contributed by atoms with Crippen molar-refractivity contribution in [1.82, 2.24) is 0 Å². The Morgan fingerprint density at radius 1 is 1.43 bits per heavy atom. The lowest BCUT2D eigenvalue weighted by molar-refractivity contribution is 0.198. The molecule has 0 amide bonds. The summed E-state index contributed by atoms with van der Waals surface area (Å²) in [5, 5.41) is 18.6. The second kappa shape index (κ2) is 3.71. The van der Waals surface area contributed by atoms with Crippen LogP contribution in [0.1, 0.15) is 48.5 Å². The van der Waals surface area contributed by atoms with Crippen molar-refractivity contribution in [3.63, 3.8) is 0 Å². The maximum Gasteiger partial charge on any atom is 0.0764 e. The number of benzene rings is 1. The van der Waals surface area contributed by atoms with E-state index in [-0.39, 0.29) is 6.61 Å². The van der Waals surface area contributed by atoms with Crippen LogP contribution in [-0.4, -0.2) is 10.2 Å². The molecule has 76 valence electrons. The molecule has 2 nitrogen and oxygen atoms in total. The fourth-order valence-electron chi connectivity index (χ4n) is 1.85. The van der Waals surface area contributed by atoms with Gasteiger partial charge in [-0.25, -0.2) is 0 Å². The summed E-state index contributed by atoms with van der Waals surface area (Å²) in [6.45, 7) is 1.87. The van der Waals surface area contributed by atoms with E-state index in [1.165, 1.54) is 18.4 Å². The summed E-state index contributed by atoms with van der Waals surface area (Å²) in [6, 6.07) is 5.84. The van der Waals surface area contributed by atoms with E-state index in [9.17, 15) is 5.11 Å². The van der Waals surface area contributed by atoms with Crippen LogP contribution in [0.5, 0.6) is 0 Å². The standard InChI is InChI=1S/C12H16O2/c1-8(14)11-5-2-9(7-13)6-12(11)10-3-4-10/h2,5-6,8,10,13-14H,3-4,7H2,1H3. The fourth-order valence-corrected chi connectivity index (χ4v) is 1.85. The van der Waals surface area contributed by atoms with Gasteiger partial charge in [0.2, 0.25) is 0 Å². The van der Waals surface area contributed by atoms with Gasteiger partial charge >= 0.3 is 0 Å². The zero-order valence-electron chi connectivity index (χ0n) is 8.40. The Morgan fingerprint density at radius 3 is 2.64 bits per heavy atom. The largest absolute Gasteiger partial charge is 0.392 e. The van der Waals surface area contributed by atoms with Gasteiger partial charge in [0.25, 0.3) is 0 Å². The molecule has 2 rings (SSSR count). The van der Waals surface area contributed by atoms with Crippen LogP contribution in [0.15, 0.2) is 18.2 Å². The average Bonchev–Trinajstić information content (AvgIpc) is 3.00. The maximum absolute atomic E-state index is 9.58. The molecule has 0 aromatic heterocycles. The Hall–Kier alpha value is -0.860. The molecule has 1 unspecified atom stereocenters. The van der Waals surface area contributed by atoms with Gasteiger partial charge in [-0.3, -0.25) is 0 Å². The van der Waals surface area contributed by atoms with E-state index in [1.54, 1.807) is 6.92 Å². The molecule has 0 radical (unpaired) electrons. The summed E-state index contributed by atoms with van der Waals surface area (Å²) in [4.78, 5) is 0. The highest BCUT2D eigenvalue weighted by atomic mass is 16.3. The fraction of sp³-hybridized carbons (Fsp3) is 0.500. The van der Waals surface area contributed by atoms with E-state index in [2.05, 4.69) is 0 Å². The molecule has 1 saturated carbocycles. The van der Waals surface area contributed by atoms with E-state index >= 15 is 0 Å². The van der Waals surface area contributed by atoms with Crippen molar-refractivity contribution >= 4 is 0 Å².